The molecule has 2 rings (SSSR count). The number of fused-ring (bicyclic) bond motifs is 1. The molecule has 1 aromatic rings. The minimum atomic E-state index is 0.664. The summed E-state index contributed by atoms with van der Waals surface area (Å²) in [4.78, 5) is 0. The molecule has 0 unspecified atom stereocenters. The summed E-state index contributed by atoms with van der Waals surface area (Å²) < 4.78 is 5.34. The van der Waals surface area contributed by atoms with Gasteiger partial charge in [0.25, 0.3) is 0 Å². The van der Waals surface area contributed by atoms with Gasteiger partial charge < -0.3 is 10.5 Å². The third-order valence-electron chi connectivity index (χ3n) is 1.67. The van der Waals surface area contributed by atoms with Crippen molar-refractivity contribution >= 4 is 11.8 Å². The van der Waals surface area contributed by atoms with Crippen molar-refractivity contribution in [1.29, 1.82) is 0 Å². The highest BCUT2D eigenvalue weighted by Crippen LogP contribution is 2.25. The van der Waals surface area contributed by atoms with Crippen molar-refractivity contribution < 1.29 is 4.74 Å². The lowest BCUT2D eigenvalue weighted by Crippen LogP contribution is -2.00. The Bertz CT molecular complexity index is 304. The molecule has 0 saturated heterocycles. The van der Waals surface area contributed by atoms with Crippen molar-refractivity contribution in [1.82, 2.24) is 0 Å². The van der Waals surface area contributed by atoms with Gasteiger partial charge in [0.15, 0.2) is 0 Å². The second kappa shape index (κ2) is 2.31. The van der Waals surface area contributed by atoms with Crippen LogP contribution in [-0.4, -0.2) is 6.61 Å². The highest BCUT2D eigenvalue weighted by molar-refractivity contribution is 5.63. The first kappa shape index (κ1) is 6.28. The smallest absolute Gasteiger partial charge is 0.127 e. The van der Waals surface area contributed by atoms with Crippen LogP contribution < -0.4 is 10.5 Å². The lowest BCUT2D eigenvalue weighted by molar-refractivity contribution is 0.358. The van der Waals surface area contributed by atoms with E-state index in [2.05, 4.69) is 0 Å². The molecule has 1 aliphatic heterocycles. The van der Waals surface area contributed by atoms with E-state index in [9.17, 15) is 0 Å². The molecule has 0 atom stereocenters. The summed E-state index contributed by atoms with van der Waals surface area (Å²) >= 11 is 0. The quantitative estimate of drug-likeness (QED) is 0.566. The summed E-state index contributed by atoms with van der Waals surface area (Å²) in [6.45, 7) is 0.664. The minimum Gasteiger partial charge on any atom is -0.489 e. The van der Waals surface area contributed by atoms with Gasteiger partial charge in [0, 0.05) is 11.3 Å². The molecule has 0 bridgehead atoms. The molecular formula is C9H9NO. The van der Waals surface area contributed by atoms with Crippen molar-refractivity contribution in [2.45, 2.75) is 0 Å². The Morgan fingerprint density at radius 1 is 1.36 bits per heavy atom. The van der Waals surface area contributed by atoms with Crippen molar-refractivity contribution in [3.63, 3.8) is 0 Å². The van der Waals surface area contributed by atoms with E-state index in [0.29, 0.717) is 6.61 Å². The van der Waals surface area contributed by atoms with E-state index in [4.69, 9.17) is 10.5 Å². The van der Waals surface area contributed by atoms with Gasteiger partial charge in [-0.25, -0.2) is 0 Å². The number of rotatable bonds is 0. The standard InChI is InChI=1S/C9H9NO/c10-8-3-4-9-7(6-8)2-1-5-11-9/h1-4,6H,5,10H2. The van der Waals surface area contributed by atoms with E-state index in [-0.39, 0.29) is 0 Å². The Kier molecular flexibility index (Phi) is 1.32. The lowest BCUT2D eigenvalue weighted by atomic mass is 10.1. The molecule has 56 valence electrons. The monoisotopic (exact) mass is 147 g/mol. The van der Waals surface area contributed by atoms with Gasteiger partial charge in [-0.3, -0.25) is 0 Å². The van der Waals surface area contributed by atoms with Gasteiger partial charge in [0.1, 0.15) is 12.4 Å². The molecule has 11 heavy (non-hydrogen) atoms. The first-order chi connectivity index (χ1) is 5.36. The first-order valence-electron chi connectivity index (χ1n) is 3.55. The first-order valence-corrected chi connectivity index (χ1v) is 3.55. The topological polar surface area (TPSA) is 35.2 Å². The van der Waals surface area contributed by atoms with E-state index in [1.54, 1.807) is 0 Å². The van der Waals surface area contributed by atoms with Crippen LogP contribution in [0.4, 0.5) is 5.69 Å². The van der Waals surface area contributed by atoms with Crippen LogP contribution in [0, 0.1) is 0 Å². The van der Waals surface area contributed by atoms with Gasteiger partial charge in [-0.05, 0) is 24.3 Å². The predicted octanol–water partition coefficient (Wildman–Crippen LogP) is 1.67. The normalized spacial score (nSPS) is 13.8. The molecule has 0 radical (unpaired) electrons. The molecule has 0 spiro atoms. The Labute approximate surface area is 65.3 Å². The SMILES string of the molecule is Nc1ccc2c(c1)C=CCO2. The maximum atomic E-state index is 5.59. The summed E-state index contributed by atoms with van der Waals surface area (Å²) in [5.74, 6) is 0.918. The minimum absolute atomic E-state index is 0.664. The molecule has 2 nitrogen and oxygen atoms in total. The van der Waals surface area contributed by atoms with Crippen molar-refractivity contribution in [3.8, 4) is 5.75 Å². The maximum absolute atomic E-state index is 5.59. The zero-order valence-electron chi connectivity index (χ0n) is 6.08. The Balaban J connectivity index is 2.54. The van der Waals surface area contributed by atoms with Crippen LogP contribution in [0.15, 0.2) is 24.3 Å². The van der Waals surface area contributed by atoms with Gasteiger partial charge in [-0.15, -0.1) is 0 Å². The molecule has 2 heteroatoms. The molecule has 0 saturated carbocycles. The maximum Gasteiger partial charge on any atom is 0.127 e. The summed E-state index contributed by atoms with van der Waals surface area (Å²) in [7, 11) is 0. The number of benzene rings is 1. The molecule has 1 aliphatic rings. The fourth-order valence-electron chi connectivity index (χ4n) is 1.14. The van der Waals surface area contributed by atoms with E-state index in [1.165, 1.54) is 0 Å². The van der Waals surface area contributed by atoms with E-state index < -0.39 is 0 Å². The largest absolute Gasteiger partial charge is 0.489 e. The molecule has 1 aromatic carbocycles. The fraction of sp³-hybridized carbons (Fsp3) is 0.111. The summed E-state index contributed by atoms with van der Waals surface area (Å²) in [6, 6.07) is 5.65. The van der Waals surface area contributed by atoms with Crippen LogP contribution in [0.3, 0.4) is 0 Å². The predicted molar refractivity (Wildman–Crippen MR) is 45.4 cm³/mol. The number of nitrogen functional groups attached to an aromatic ring is 1. The highest BCUT2D eigenvalue weighted by Gasteiger charge is 2.03. The third-order valence-corrected chi connectivity index (χ3v) is 1.67. The number of ether oxygens (including phenoxy) is 1. The molecule has 0 amide bonds. The molecular weight excluding hydrogens is 138 g/mol. The average molecular weight is 147 g/mol. The lowest BCUT2D eigenvalue weighted by Gasteiger charge is -2.11. The number of hydrogen-bond acceptors (Lipinski definition) is 2. The average Bonchev–Trinajstić information content (AvgIpc) is 2.04. The van der Waals surface area contributed by atoms with Gasteiger partial charge in [0.2, 0.25) is 0 Å². The Hall–Kier alpha value is -1.44. The summed E-state index contributed by atoms with van der Waals surface area (Å²) in [5, 5.41) is 0. The van der Waals surface area contributed by atoms with Crippen LogP contribution in [0.2, 0.25) is 0 Å². The van der Waals surface area contributed by atoms with Crippen LogP contribution in [0.25, 0.3) is 6.08 Å². The van der Waals surface area contributed by atoms with Crippen molar-refractivity contribution in [2.24, 2.45) is 0 Å². The number of hydrogen-bond donors (Lipinski definition) is 1. The van der Waals surface area contributed by atoms with Gasteiger partial charge in [-0.2, -0.15) is 0 Å². The third kappa shape index (κ3) is 1.07. The fourth-order valence-corrected chi connectivity index (χ4v) is 1.14. The highest BCUT2D eigenvalue weighted by atomic mass is 16.5. The van der Waals surface area contributed by atoms with Gasteiger partial charge in [-0.1, -0.05) is 6.08 Å². The van der Waals surface area contributed by atoms with Crippen molar-refractivity contribution in [3.05, 3.63) is 29.8 Å². The molecule has 1 heterocycles. The molecule has 0 aliphatic carbocycles. The number of nitrogens with two attached hydrogens (primary N) is 1. The van der Waals surface area contributed by atoms with E-state index in [0.717, 1.165) is 17.0 Å². The molecule has 0 fully saturated rings. The van der Waals surface area contributed by atoms with Crippen LogP contribution in [0.5, 0.6) is 5.75 Å². The summed E-state index contributed by atoms with van der Waals surface area (Å²) in [6.07, 6.45) is 4.00. The van der Waals surface area contributed by atoms with Crippen LogP contribution in [0.1, 0.15) is 5.56 Å². The Morgan fingerprint density at radius 2 is 2.27 bits per heavy atom. The molecule has 0 aromatic heterocycles. The number of anilines is 1. The zero-order chi connectivity index (χ0) is 7.68. The second-order valence-electron chi connectivity index (χ2n) is 2.51. The van der Waals surface area contributed by atoms with E-state index in [1.807, 2.05) is 30.4 Å². The zero-order valence-corrected chi connectivity index (χ0v) is 6.08. The van der Waals surface area contributed by atoms with E-state index >= 15 is 0 Å². The van der Waals surface area contributed by atoms with Gasteiger partial charge >= 0.3 is 0 Å². The van der Waals surface area contributed by atoms with Crippen LogP contribution in [-0.2, 0) is 0 Å². The van der Waals surface area contributed by atoms with Crippen molar-refractivity contribution in [2.75, 3.05) is 12.3 Å². The molecule has 2 N–H and O–H groups in total. The second-order valence-corrected chi connectivity index (χ2v) is 2.51. The Morgan fingerprint density at radius 3 is 3.18 bits per heavy atom. The van der Waals surface area contributed by atoms with Crippen LogP contribution >= 0.6 is 0 Å². The van der Waals surface area contributed by atoms with Gasteiger partial charge in [0.05, 0.1) is 0 Å². The summed E-state index contributed by atoms with van der Waals surface area (Å²) in [5.41, 5.74) is 7.44.